The average Bonchev–Trinajstić information content (AvgIpc) is 3.12. The molecule has 6 nitrogen and oxygen atoms in total. The molecule has 0 saturated carbocycles. The zero-order valence-electron chi connectivity index (χ0n) is 18.2. The Labute approximate surface area is 195 Å². The topological polar surface area (TPSA) is 76.1 Å². The van der Waals surface area contributed by atoms with Crippen LogP contribution in [0.3, 0.4) is 0 Å². The quantitative estimate of drug-likeness (QED) is 0.351. The lowest BCUT2D eigenvalue weighted by Gasteiger charge is -2.25. The fraction of sp³-hybridized carbons (Fsp3) is 0.185. The van der Waals surface area contributed by atoms with Crippen LogP contribution in [0.5, 0.6) is 11.5 Å². The minimum absolute atomic E-state index is 0.0404. The maximum absolute atomic E-state index is 13.6. The summed E-state index contributed by atoms with van der Waals surface area (Å²) in [5.74, 6) is -1.24. The zero-order valence-corrected chi connectivity index (χ0v) is 18.2. The van der Waals surface area contributed by atoms with Crippen LogP contribution in [0.4, 0.5) is 4.39 Å². The standard InChI is InChI=1S/C27H22FNO5/c28-20-9-6-18(7-10-20)24-23(25(30)19-8-11-21-22(16-19)34-15-14-33-21)26(31)27(32)29(24)13-12-17-4-2-1-3-5-17/h1-11,16,24,30H,12-15H2/t24-/m0/s1. The van der Waals surface area contributed by atoms with Crippen molar-refractivity contribution in [1.29, 1.82) is 0 Å². The number of hydrogen-bond donors (Lipinski definition) is 1. The van der Waals surface area contributed by atoms with Gasteiger partial charge in [0.2, 0.25) is 0 Å². The van der Waals surface area contributed by atoms with Gasteiger partial charge in [-0.1, -0.05) is 42.5 Å². The average molecular weight is 459 g/mol. The van der Waals surface area contributed by atoms with Crippen LogP contribution in [0.1, 0.15) is 22.7 Å². The monoisotopic (exact) mass is 459 g/mol. The number of aliphatic hydroxyl groups excluding tert-OH is 1. The van der Waals surface area contributed by atoms with Gasteiger partial charge >= 0.3 is 0 Å². The molecule has 3 aromatic carbocycles. The van der Waals surface area contributed by atoms with Crippen LogP contribution >= 0.6 is 0 Å². The highest BCUT2D eigenvalue weighted by molar-refractivity contribution is 6.46. The van der Waals surface area contributed by atoms with Gasteiger partial charge in [0.05, 0.1) is 11.6 Å². The zero-order chi connectivity index (χ0) is 23.7. The molecule has 1 amide bonds. The third-order valence-corrected chi connectivity index (χ3v) is 6.03. The first-order valence-electron chi connectivity index (χ1n) is 11.0. The molecular weight excluding hydrogens is 437 g/mol. The van der Waals surface area contributed by atoms with Crippen molar-refractivity contribution in [3.05, 3.63) is 101 Å². The molecule has 2 aliphatic rings. The van der Waals surface area contributed by atoms with Gasteiger partial charge in [0.25, 0.3) is 11.7 Å². The van der Waals surface area contributed by atoms with E-state index in [1.807, 2.05) is 30.3 Å². The maximum Gasteiger partial charge on any atom is 0.295 e. The van der Waals surface area contributed by atoms with E-state index in [2.05, 4.69) is 0 Å². The molecule has 172 valence electrons. The fourth-order valence-corrected chi connectivity index (χ4v) is 4.34. The van der Waals surface area contributed by atoms with Gasteiger partial charge in [-0.25, -0.2) is 4.39 Å². The van der Waals surface area contributed by atoms with Crippen LogP contribution in [0.15, 0.2) is 78.4 Å². The molecule has 0 radical (unpaired) electrons. The van der Waals surface area contributed by atoms with Crippen molar-refractivity contribution >= 4 is 17.4 Å². The van der Waals surface area contributed by atoms with Crippen LogP contribution in [0, 0.1) is 5.82 Å². The summed E-state index contributed by atoms with van der Waals surface area (Å²) in [5, 5.41) is 11.2. The van der Waals surface area contributed by atoms with Crippen LogP contribution in [-0.2, 0) is 16.0 Å². The van der Waals surface area contributed by atoms with Crippen molar-refractivity contribution in [3.63, 3.8) is 0 Å². The lowest BCUT2D eigenvalue weighted by atomic mass is 9.95. The normalized spacial score (nSPS) is 18.9. The van der Waals surface area contributed by atoms with Gasteiger partial charge in [-0.3, -0.25) is 9.59 Å². The number of aliphatic hydroxyl groups is 1. The lowest BCUT2D eigenvalue weighted by molar-refractivity contribution is -0.139. The number of amides is 1. The molecule has 34 heavy (non-hydrogen) atoms. The summed E-state index contributed by atoms with van der Waals surface area (Å²) in [6.45, 7) is 1.06. The van der Waals surface area contributed by atoms with E-state index in [9.17, 15) is 19.1 Å². The van der Waals surface area contributed by atoms with Crippen molar-refractivity contribution in [2.75, 3.05) is 19.8 Å². The van der Waals surface area contributed by atoms with Gasteiger partial charge in [0, 0.05) is 12.1 Å². The number of benzene rings is 3. The first kappa shape index (κ1) is 21.7. The number of carbonyl (C=O) groups is 2. The molecule has 1 N–H and O–H groups in total. The summed E-state index contributed by atoms with van der Waals surface area (Å²) < 4.78 is 24.8. The number of fused-ring (bicyclic) bond motifs is 1. The van der Waals surface area contributed by atoms with E-state index < -0.39 is 23.5 Å². The third-order valence-electron chi connectivity index (χ3n) is 6.03. The van der Waals surface area contributed by atoms with E-state index in [-0.39, 0.29) is 17.9 Å². The van der Waals surface area contributed by atoms with Crippen molar-refractivity contribution in [2.24, 2.45) is 0 Å². The summed E-state index contributed by atoms with van der Waals surface area (Å²) in [6.07, 6.45) is 0.523. The number of ether oxygens (including phenoxy) is 2. The number of hydrogen-bond acceptors (Lipinski definition) is 5. The van der Waals surface area contributed by atoms with Crippen molar-refractivity contribution in [2.45, 2.75) is 12.5 Å². The largest absolute Gasteiger partial charge is 0.507 e. The number of halogens is 1. The molecule has 2 aliphatic heterocycles. The Morgan fingerprint density at radius 3 is 2.38 bits per heavy atom. The molecule has 1 fully saturated rings. The number of ketones is 1. The van der Waals surface area contributed by atoms with Gasteiger partial charge < -0.3 is 19.5 Å². The van der Waals surface area contributed by atoms with Crippen molar-refractivity contribution < 1.29 is 28.6 Å². The first-order chi connectivity index (χ1) is 16.5. The highest BCUT2D eigenvalue weighted by Crippen LogP contribution is 2.41. The minimum Gasteiger partial charge on any atom is -0.507 e. The third kappa shape index (κ3) is 4.01. The van der Waals surface area contributed by atoms with Gasteiger partial charge in [-0.05, 0) is 47.9 Å². The molecule has 7 heteroatoms. The minimum atomic E-state index is -0.850. The molecule has 0 aliphatic carbocycles. The Bertz CT molecular complexity index is 1270. The smallest absolute Gasteiger partial charge is 0.295 e. The molecule has 0 unspecified atom stereocenters. The van der Waals surface area contributed by atoms with E-state index in [1.54, 1.807) is 18.2 Å². The fourth-order valence-electron chi connectivity index (χ4n) is 4.34. The Balaban J connectivity index is 1.57. The molecule has 1 saturated heterocycles. The van der Waals surface area contributed by atoms with Gasteiger partial charge in [0.15, 0.2) is 11.5 Å². The molecule has 0 bridgehead atoms. The lowest BCUT2D eigenvalue weighted by Crippen LogP contribution is -2.31. The van der Waals surface area contributed by atoms with E-state index in [0.29, 0.717) is 42.3 Å². The SMILES string of the molecule is O=C1C(=O)N(CCc2ccccc2)[C@@H](c2ccc(F)cc2)C1=C(O)c1ccc2c(c1)OCCO2. The summed E-state index contributed by atoms with van der Waals surface area (Å²) in [7, 11) is 0. The van der Waals surface area contributed by atoms with Crippen molar-refractivity contribution in [3.8, 4) is 11.5 Å². The predicted molar refractivity (Wildman–Crippen MR) is 123 cm³/mol. The summed E-state index contributed by atoms with van der Waals surface area (Å²) in [6, 6.07) is 19.2. The second kappa shape index (κ2) is 9.02. The van der Waals surface area contributed by atoms with Gasteiger partial charge in [0.1, 0.15) is 24.8 Å². The summed E-state index contributed by atoms with van der Waals surface area (Å²) in [4.78, 5) is 27.6. The van der Waals surface area contributed by atoms with Gasteiger partial charge in [-0.15, -0.1) is 0 Å². The summed E-state index contributed by atoms with van der Waals surface area (Å²) in [5.41, 5.74) is 1.83. The first-order valence-corrected chi connectivity index (χ1v) is 11.0. The molecule has 0 aromatic heterocycles. The Morgan fingerprint density at radius 1 is 0.941 bits per heavy atom. The van der Waals surface area contributed by atoms with Crippen molar-refractivity contribution in [1.82, 2.24) is 4.90 Å². The highest BCUT2D eigenvalue weighted by atomic mass is 19.1. The second-order valence-electron chi connectivity index (χ2n) is 8.14. The number of likely N-dealkylation sites (tertiary alicyclic amines) is 1. The van der Waals surface area contributed by atoms with E-state index in [0.717, 1.165) is 5.56 Å². The Morgan fingerprint density at radius 2 is 1.65 bits per heavy atom. The van der Waals surface area contributed by atoms with Crippen LogP contribution in [0.2, 0.25) is 0 Å². The number of rotatable bonds is 5. The Hall–Kier alpha value is -4.13. The van der Waals surface area contributed by atoms with E-state index in [1.165, 1.54) is 29.2 Å². The highest BCUT2D eigenvalue weighted by Gasteiger charge is 2.45. The van der Waals surface area contributed by atoms with Crippen LogP contribution < -0.4 is 9.47 Å². The molecular formula is C27H22FNO5. The molecule has 0 spiro atoms. The van der Waals surface area contributed by atoms with Crippen LogP contribution in [0.25, 0.3) is 5.76 Å². The summed E-state index contributed by atoms with van der Waals surface area (Å²) >= 11 is 0. The molecule has 1 atom stereocenters. The number of Topliss-reactive ketones (excluding diaryl/α,β-unsaturated/α-hetero) is 1. The molecule has 2 heterocycles. The molecule has 3 aromatic rings. The number of carbonyl (C=O) groups excluding carboxylic acids is 2. The van der Waals surface area contributed by atoms with Crippen LogP contribution in [-0.4, -0.2) is 41.5 Å². The number of nitrogens with zero attached hydrogens (tertiary/aromatic N) is 1. The molecule has 5 rings (SSSR count). The predicted octanol–water partition coefficient (Wildman–Crippen LogP) is 4.26. The second-order valence-corrected chi connectivity index (χ2v) is 8.14. The van der Waals surface area contributed by atoms with E-state index >= 15 is 0 Å². The Kier molecular flexibility index (Phi) is 5.76. The maximum atomic E-state index is 13.6. The van der Waals surface area contributed by atoms with Gasteiger partial charge in [-0.2, -0.15) is 0 Å². The van der Waals surface area contributed by atoms with E-state index in [4.69, 9.17) is 9.47 Å².